The summed E-state index contributed by atoms with van der Waals surface area (Å²) in [7, 11) is 1.55. The molecule has 132 valence electrons. The number of hydrogen-bond donors (Lipinski definition) is 1. The quantitative estimate of drug-likeness (QED) is 0.529. The van der Waals surface area contributed by atoms with Gasteiger partial charge in [-0.05, 0) is 29.8 Å². The van der Waals surface area contributed by atoms with Crippen molar-refractivity contribution in [2.75, 3.05) is 7.11 Å². The fourth-order valence-corrected chi connectivity index (χ4v) is 2.39. The first-order valence-electron chi connectivity index (χ1n) is 7.31. The van der Waals surface area contributed by atoms with Crippen LogP contribution in [0, 0.1) is 10.1 Å². The zero-order valence-corrected chi connectivity index (χ0v) is 14.2. The van der Waals surface area contributed by atoms with Gasteiger partial charge in [0.2, 0.25) is 5.82 Å². The van der Waals surface area contributed by atoms with Gasteiger partial charge in [-0.1, -0.05) is 35.0 Å². The molecule has 8 nitrogen and oxygen atoms in total. The molecule has 0 amide bonds. The Morgan fingerprint density at radius 1 is 1.35 bits per heavy atom. The predicted molar refractivity (Wildman–Crippen MR) is 94.8 cm³/mol. The van der Waals surface area contributed by atoms with Crippen molar-refractivity contribution in [2.45, 2.75) is 0 Å². The molecule has 9 heteroatoms. The molecule has 0 fully saturated rings. The van der Waals surface area contributed by atoms with E-state index < -0.39 is 16.4 Å². The van der Waals surface area contributed by atoms with Crippen LogP contribution in [0.5, 0.6) is 11.5 Å². The van der Waals surface area contributed by atoms with Gasteiger partial charge in [0.15, 0.2) is 5.75 Å². The van der Waals surface area contributed by atoms with E-state index in [4.69, 9.17) is 20.9 Å². The number of phenols is 1. The van der Waals surface area contributed by atoms with Gasteiger partial charge < -0.3 is 14.4 Å². The van der Waals surface area contributed by atoms with Crippen molar-refractivity contribution in [3.05, 3.63) is 64.0 Å². The van der Waals surface area contributed by atoms with Gasteiger partial charge >= 0.3 is 5.69 Å². The second-order valence-electron chi connectivity index (χ2n) is 5.15. The summed E-state index contributed by atoms with van der Waals surface area (Å²) in [6.45, 7) is 0. The minimum absolute atomic E-state index is 0.0558. The SMILES string of the molecule is COc1cccc(-c2noc(/C(Cl)=C/c3ccc(O)c([N+](=O)[O-])c3)n2)c1. The number of benzene rings is 2. The number of hydrogen-bond acceptors (Lipinski definition) is 7. The minimum Gasteiger partial charge on any atom is -0.502 e. The van der Waals surface area contributed by atoms with Crippen molar-refractivity contribution in [2.24, 2.45) is 0 Å². The number of nitro benzene ring substituents is 1. The second-order valence-corrected chi connectivity index (χ2v) is 5.56. The van der Waals surface area contributed by atoms with E-state index in [-0.39, 0.29) is 10.9 Å². The average Bonchev–Trinajstić information content (AvgIpc) is 3.13. The highest BCUT2D eigenvalue weighted by Gasteiger charge is 2.15. The van der Waals surface area contributed by atoms with Crippen LogP contribution >= 0.6 is 11.6 Å². The summed E-state index contributed by atoms with van der Waals surface area (Å²) < 4.78 is 10.3. The van der Waals surface area contributed by atoms with Gasteiger partial charge in [0.1, 0.15) is 10.8 Å². The molecule has 0 saturated carbocycles. The summed E-state index contributed by atoms with van der Waals surface area (Å²) in [5.74, 6) is 0.593. The average molecular weight is 374 g/mol. The number of aromatic hydroxyl groups is 1. The molecule has 3 rings (SSSR count). The molecule has 0 unspecified atom stereocenters. The molecule has 0 atom stereocenters. The Hall–Kier alpha value is -3.39. The van der Waals surface area contributed by atoms with E-state index in [0.29, 0.717) is 22.7 Å². The Kier molecular flexibility index (Phi) is 4.85. The molecule has 26 heavy (non-hydrogen) atoms. The third-order valence-corrected chi connectivity index (χ3v) is 3.72. The van der Waals surface area contributed by atoms with E-state index >= 15 is 0 Å². The number of methoxy groups -OCH3 is 1. The van der Waals surface area contributed by atoms with E-state index in [0.717, 1.165) is 0 Å². The number of ether oxygens (including phenoxy) is 1. The number of rotatable bonds is 5. The van der Waals surface area contributed by atoms with Gasteiger partial charge in [-0.25, -0.2) is 0 Å². The maximum atomic E-state index is 10.9. The molecule has 0 spiro atoms. The lowest BCUT2D eigenvalue weighted by Gasteiger charge is -2.00. The molecular weight excluding hydrogens is 362 g/mol. The first-order valence-corrected chi connectivity index (χ1v) is 7.69. The topological polar surface area (TPSA) is 112 Å². The number of nitrogens with zero attached hydrogens (tertiary/aromatic N) is 3. The summed E-state index contributed by atoms with van der Waals surface area (Å²) in [5, 5.41) is 24.3. The minimum atomic E-state index is -0.686. The fourth-order valence-electron chi connectivity index (χ4n) is 2.18. The Balaban J connectivity index is 1.90. The smallest absolute Gasteiger partial charge is 0.311 e. The van der Waals surface area contributed by atoms with Crippen molar-refractivity contribution in [1.29, 1.82) is 0 Å². The molecular formula is C17H12ClN3O5. The highest BCUT2D eigenvalue weighted by Crippen LogP contribution is 2.30. The maximum Gasteiger partial charge on any atom is 0.311 e. The molecule has 0 bridgehead atoms. The van der Waals surface area contributed by atoms with Crippen molar-refractivity contribution < 1.29 is 19.3 Å². The van der Waals surface area contributed by atoms with E-state index in [1.54, 1.807) is 31.4 Å². The Morgan fingerprint density at radius 3 is 2.88 bits per heavy atom. The Bertz CT molecular complexity index is 1000. The molecule has 0 aliphatic heterocycles. The largest absolute Gasteiger partial charge is 0.502 e. The van der Waals surface area contributed by atoms with Crippen LogP contribution in [0.4, 0.5) is 5.69 Å². The van der Waals surface area contributed by atoms with Crippen LogP contribution in [-0.2, 0) is 0 Å². The molecule has 0 aliphatic rings. The van der Waals surface area contributed by atoms with Crippen molar-refractivity contribution in [1.82, 2.24) is 10.1 Å². The van der Waals surface area contributed by atoms with Crippen LogP contribution in [-0.4, -0.2) is 27.3 Å². The van der Waals surface area contributed by atoms with Crippen molar-refractivity contribution >= 4 is 28.4 Å². The van der Waals surface area contributed by atoms with Gasteiger partial charge in [-0.15, -0.1) is 0 Å². The molecule has 1 N–H and O–H groups in total. The number of halogens is 1. The highest BCUT2D eigenvalue weighted by atomic mass is 35.5. The molecule has 0 aliphatic carbocycles. The standard InChI is InChI=1S/C17H12ClN3O5/c1-25-12-4-2-3-11(9-12)16-19-17(26-20-16)13(18)7-10-5-6-15(22)14(8-10)21(23)24/h2-9,22H,1H3/b13-7-. The Labute approximate surface area is 152 Å². The Morgan fingerprint density at radius 2 is 2.15 bits per heavy atom. The lowest BCUT2D eigenvalue weighted by atomic mass is 10.1. The van der Waals surface area contributed by atoms with Crippen LogP contribution in [0.2, 0.25) is 0 Å². The molecule has 0 radical (unpaired) electrons. The van der Waals surface area contributed by atoms with E-state index in [9.17, 15) is 15.2 Å². The zero-order valence-electron chi connectivity index (χ0n) is 13.4. The lowest BCUT2D eigenvalue weighted by Crippen LogP contribution is -1.89. The normalized spacial score (nSPS) is 11.4. The summed E-state index contributed by atoms with van der Waals surface area (Å²) >= 11 is 6.18. The van der Waals surface area contributed by atoms with Gasteiger partial charge in [-0.3, -0.25) is 10.1 Å². The monoisotopic (exact) mass is 373 g/mol. The van der Waals surface area contributed by atoms with E-state index in [1.807, 2.05) is 0 Å². The van der Waals surface area contributed by atoms with Gasteiger partial charge in [0.05, 0.1) is 12.0 Å². The van der Waals surface area contributed by atoms with Crippen LogP contribution < -0.4 is 4.74 Å². The number of phenolic OH excluding ortho intramolecular Hbond substituents is 1. The highest BCUT2D eigenvalue weighted by molar-refractivity contribution is 6.50. The van der Waals surface area contributed by atoms with Crippen LogP contribution in [0.3, 0.4) is 0 Å². The van der Waals surface area contributed by atoms with Crippen LogP contribution in [0.25, 0.3) is 22.5 Å². The fraction of sp³-hybridized carbons (Fsp3) is 0.0588. The molecule has 2 aromatic carbocycles. The predicted octanol–water partition coefficient (Wildman–Crippen LogP) is 4.10. The summed E-state index contributed by atoms with van der Waals surface area (Å²) in [4.78, 5) is 14.4. The molecule has 1 heterocycles. The van der Waals surface area contributed by atoms with Crippen LogP contribution in [0.15, 0.2) is 47.0 Å². The maximum absolute atomic E-state index is 10.9. The third kappa shape index (κ3) is 3.65. The zero-order chi connectivity index (χ0) is 18.7. The summed E-state index contributed by atoms with van der Waals surface area (Å²) in [6.07, 6.45) is 1.43. The van der Waals surface area contributed by atoms with E-state index in [2.05, 4.69) is 10.1 Å². The number of aromatic nitrogens is 2. The first-order chi connectivity index (χ1) is 12.5. The lowest BCUT2D eigenvalue weighted by molar-refractivity contribution is -0.385. The van der Waals surface area contributed by atoms with Crippen molar-refractivity contribution in [3.63, 3.8) is 0 Å². The first kappa shape index (κ1) is 17.4. The molecule has 0 saturated heterocycles. The number of nitro groups is 1. The third-order valence-electron chi connectivity index (χ3n) is 3.45. The molecule has 3 aromatic rings. The summed E-state index contributed by atoms with van der Waals surface area (Å²) in [5.41, 5.74) is 0.663. The molecule has 1 aromatic heterocycles. The second kappa shape index (κ2) is 7.24. The van der Waals surface area contributed by atoms with Crippen molar-refractivity contribution in [3.8, 4) is 22.9 Å². The van der Waals surface area contributed by atoms with Gasteiger partial charge in [0.25, 0.3) is 5.89 Å². The van der Waals surface area contributed by atoms with E-state index in [1.165, 1.54) is 24.3 Å². The van der Waals surface area contributed by atoms with Gasteiger partial charge in [0, 0.05) is 11.6 Å². The van der Waals surface area contributed by atoms with Crippen LogP contribution in [0.1, 0.15) is 11.5 Å². The summed E-state index contributed by atoms with van der Waals surface area (Å²) in [6, 6.07) is 11.0. The van der Waals surface area contributed by atoms with Gasteiger partial charge in [-0.2, -0.15) is 4.98 Å².